The molecule has 0 fully saturated rings. The summed E-state index contributed by atoms with van der Waals surface area (Å²) in [5, 5.41) is 0. The van der Waals surface area contributed by atoms with Crippen molar-refractivity contribution < 1.29 is 0 Å². The van der Waals surface area contributed by atoms with Crippen LogP contribution in [0.2, 0.25) is 0 Å². The summed E-state index contributed by atoms with van der Waals surface area (Å²) < 4.78 is 0. The highest BCUT2D eigenvalue weighted by Gasteiger charge is 2.03. The SMILES string of the molecule is CCCCc1cnc(C)c(C)c1C. The van der Waals surface area contributed by atoms with Crippen molar-refractivity contribution >= 4 is 0 Å². The van der Waals surface area contributed by atoms with E-state index in [0.29, 0.717) is 0 Å². The van der Waals surface area contributed by atoms with Crippen molar-refractivity contribution in [3.05, 3.63) is 28.6 Å². The van der Waals surface area contributed by atoms with Gasteiger partial charge in [0.05, 0.1) is 0 Å². The largest absolute Gasteiger partial charge is 0.261 e. The smallest absolute Gasteiger partial charge is 0.0404 e. The molecular weight excluding hydrogens is 158 g/mol. The highest BCUT2D eigenvalue weighted by Crippen LogP contribution is 2.16. The molecule has 1 aromatic heterocycles. The fourth-order valence-corrected chi connectivity index (χ4v) is 1.50. The molecule has 0 saturated carbocycles. The van der Waals surface area contributed by atoms with Crippen molar-refractivity contribution in [2.75, 3.05) is 0 Å². The molecular formula is C12H19N. The topological polar surface area (TPSA) is 12.9 Å². The van der Waals surface area contributed by atoms with Crippen molar-refractivity contribution in [3.8, 4) is 0 Å². The van der Waals surface area contributed by atoms with Gasteiger partial charge in [-0.05, 0) is 50.3 Å². The summed E-state index contributed by atoms with van der Waals surface area (Å²) in [4.78, 5) is 4.39. The zero-order valence-electron chi connectivity index (χ0n) is 9.15. The van der Waals surface area contributed by atoms with E-state index in [4.69, 9.17) is 0 Å². The Bertz CT molecular complexity index is 289. The predicted octanol–water partition coefficient (Wildman–Crippen LogP) is 3.35. The Morgan fingerprint density at radius 3 is 2.46 bits per heavy atom. The van der Waals surface area contributed by atoms with E-state index in [1.165, 1.54) is 36.0 Å². The van der Waals surface area contributed by atoms with Gasteiger partial charge in [0, 0.05) is 11.9 Å². The molecule has 0 aliphatic heterocycles. The summed E-state index contributed by atoms with van der Waals surface area (Å²) in [5.41, 5.74) is 5.37. The summed E-state index contributed by atoms with van der Waals surface area (Å²) >= 11 is 0. The normalized spacial score (nSPS) is 10.5. The minimum Gasteiger partial charge on any atom is -0.261 e. The van der Waals surface area contributed by atoms with E-state index in [0.717, 1.165) is 5.69 Å². The van der Waals surface area contributed by atoms with Crippen molar-refractivity contribution in [1.82, 2.24) is 4.98 Å². The lowest BCUT2D eigenvalue weighted by atomic mass is 10.0. The molecule has 0 atom stereocenters. The zero-order chi connectivity index (χ0) is 9.84. The molecule has 0 aliphatic rings. The minimum atomic E-state index is 1.16. The standard InChI is InChI=1S/C12H19N/c1-5-6-7-12-8-13-11(4)9(2)10(12)3/h8H,5-7H2,1-4H3. The summed E-state index contributed by atoms with van der Waals surface area (Å²) in [7, 11) is 0. The van der Waals surface area contributed by atoms with E-state index in [1.54, 1.807) is 0 Å². The molecule has 0 bridgehead atoms. The number of hydrogen-bond donors (Lipinski definition) is 0. The maximum absolute atomic E-state index is 4.39. The van der Waals surface area contributed by atoms with Crippen LogP contribution in [0.3, 0.4) is 0 Å². The molecule has 0 aliphatic carbocycles. The van der Waals surface area contributed by atoms with Gasteiger partial charge in [-0.3, -0.25) is 4.98 Å². The third kappa shape index (κ3) is 2.30. The molecule has 0 amide bonds. The van der Waals surface area contributed by atoms with Crippen LogP contribution in [0.5, 0.6) is 0 Å². The predicted molar refractivity (Wildman–Crippen MR) is 57.1 cm³/mol. The Kier molecular flexibility index (Phi) is 3.47. The Hall–Kier alpha value is -0.850. The molecule has 1 heteroatoms. The second-order valence-electron chi connectivity index (χ2n) is 3.72. The second kappa shape index (κ2) is 4.40. The van der Waals surface area contributed by atoms with Crippen molar-refractivity contribution in [3.63, 3.8) is 0 Å². The summed E-state index contributed by atoms with van der Waals surface area (Å²) in [6.45, 7) is 8.66. The summed E-state index contributed by atoms with van der Waals surface area (Å²) in [6.07, 6.45) is 5.74. The van der Waals surface area contributed by atoms with Crippen LogP contribution < -0.4 is 0 Å². The first-order valence-electron chi connectivity index (χ1n) is 5.08. The molecule has 0 saturated heterocycles. The minimum absolute atomic E-state index is 1.16. The van der Waals surface area contributed by atoms with Crippen LogP contribution in [0.15, 0.2) is 6.20 Å². The first-order valence-corrected chi connectivity index (χ1v) is 5.08. The van der Waals surface area contributed by atoms with E-state index in [2.05, 4.69) is 32.7 Å². The van der Waals surface area contributed by atoms with Gasteiger partial charge in [-0.15, -0.1) is 0 Å². The summed E-state index contributed by atoms with van der Waals surface area (Å²) in [5.74, 6) is 0. The number of aryl methyl sites for hydroxylation is 2. The van der Waals surface area contributed by atoms with Crippen LogP contribution in [0.25, 0.3) is 0 Å². The molecule has 0 aromatic carbocycles. The number of unbranched alkanes of at least 4 members (excludes halogenated alkanes) is 1. The molecule has 0 spiro atoms. The Morgan fingerprint density at radius 2 is 1.85 bits per heavy atom. The maximum Gasteiger partial charge on any atom is 0.0404 e. The Labute approximate surface area is 81.2 Å². The van der Waals surface area contributed by atoms with Crippen LogP contribution in [-0.4, -0.2) is 4.98 Å². The zero-order valence-corrected chi connectivity index (χ0v) is 9.15. The van der Waals surface area contributed by atoms with Crippen LogP contribution in [-0.2, 0) is 6.42 Å². The van der Waals surface area contributed by atoms with Gasteiger partial charge in [0.15, 0.2) is 0 Å². The van der Waals surface area contributed by atoms with Crippen molar-refractivity contribution in [2.24, 2.45) is 0 Å². The maximum atomic E-state index is 4.39. The third-order valence-corrected chi connectivity index (χ3v) is 2.80. The molecule has 1 heterocycles. The highest BCUT2D eigenvalue weighted by molar-refractivity contribution is 5.33. The van der Waals surface area contributed by atoms with Gasteiger partial charge < -0.3 is 0 Å². The molecule has 72 valence electrons. The number of aromatic nitrogens is 1. The van der Waals surface area contributed by atoms with Gasteiger partial charge in [-0.2, -0.15) is 0 Å². The van der Waals surface area contributed by atoms with Crippen LogP contribution in [0, 0.1) is 20.8 Å². The molecule has 1 nitrogen and oxygen atoms in total. The van der Waals surface area contributed by atoms with E-state index >= 15 is 0 Å². The molecule has 0 radical (unpaired) electrons. The lowest BCUT2D eigenvalue weighted by Crippen LogP contribution is -1.97. The lowest BCUT2D eigenvalue weighted by molar-refractivity contribution is 0.785. The fourth-order valence-electron chi connectivity index (χ4n) is 1.50. The average molecular weight is 177 g/mol. The van der Waals surface area contributed by atoms with Gasteiger partial charge in [-0.25, -0.2) is 0 Å². The van der Waals surface area contributed by atoms with Gasteiger partial charge in [0.2, 0.25) is 0 Å². The van der Waals surface area contributed by atoms with Gasteiger partial charge >= 0.3 is 0 Å². The lowest BCUT2D eigenvalue weighted by Gasteiger charge is -2.09. The van der Waals surface area contributed by atoms with E-state index in [-0.39, 0.29) is 0 Å². The summed E-state index contributed by atoms with van der Waals surface area (Å²) in [6, 6.07) is 0. The van der Waals surface area contributed by atoms with E-state index < -0.39 is 0 Å². The molecule has 1 rings (SSSR count). The second-order valence-corrected chi connectivity index (χ2v) is 3.72. The average Bonchev–Trinajstić information content (AvgIpc) is 2.13. The van der Waals surface area contributed by atoms with Crippen LogP contribution in [0.1, 0.15) is 42.1 Å². The Morgan fingerprint density at radius 1 is 1.15 bits per heavy atom. The first kappa shape index (κ1) is 10.2. The molecule has 0 N–H and O–H groups in total. The Balaban J connectivity index is 2.90. The number of nitrogens with zero attached hydrogens (tertiary/aromatic N) is 1. The molecule has 0 unspecified atom stereocenters. The quantitative estimate of drug-likeness (QED) is 0.690. The monoisotopic (exact) mass is 177 g/mol. The van der Waals surface area contributed by atoms with E-state index in [1.807, 2.05) is 6.20 Å². The van der Waals surface area contributed by atoms with Gasteiger partial charge in [0.1, 0.15) is 0 Å². The molecule has 1 aromatic rings. The van der Waals surface area contributed by atoms with Crippen molar-refractivity contribution in [1.29, 1.82) is 0 Å². The van der Waals surface area contributed by atoms with Gasteiger partial charge in [0.25, 0.3) is 0 Å². The first-order chi connectivity index (χ1) is 6.16. The van der Waals surface area contributed by atoms with E-state index in [9.17, 15) is 0 Å². The number of hydrogen-bond acceptors (Lipinski definition) is 1. The third-order valence-electron chi connectivity index (χ3n) is 2.80. The van der Waals surface area contributed by atoms with Crippen LogP contribution >= 0.6 is 0 Å². The molecule has 13 heavy (non-hydrogen) atoms. The highest BCUT2D eigenvalue weighted by atomic mass is 14.7. The van der Waals surface area contributed by atoms with Crippen molar-refractivity contribution in [2.45, 2.75) is 47.0 Å². The fraction of sp³-hybridized carbons (Fsp3) is 0.583. The number of rotatable bonds is 3. The number of pyridine rings is 1. The van der Waals surface area contributed by atoms with Crippen LogP contribution in [0.4, 0.5) is 0 Å². The van der Waals surface area contributed by atoms with Gasteiger partial charge in [-0.1, -0.05) is 13.3 Å².